The van der Waals surface area contributed by atoms with Gasteiger partial charge in [-0.2, -0.15) is 13.2 Å². The molecule has 0 unspecified atom stereocenters. The van der Waals surface area contributed by atoms with E-state index in [0.717, 1.165) is 29.3 Å². The van der Waals surface area contributed by atoms with Gasteiger partial charge < -0.3 is 10.4 Å². The zero-order chi connectivity index (χ0) is 16.7. The topological polar surface area (TPSA) is 69.6 Å². The number of carboxylic acids is 1. The molecule has 0 aromatic heterocycles. The Morgan fingerprint density at radius 1 is 1.32 bits per heavy atom. The van der Waals surface area contributed by atoms with Crippen LogP contribution in [0.25, 0.3) is 0 Å². The lowest BCUT2D eigenvalue weighted by Crippen LogP contribution is -2.55. The number of halogens is 3. The summed E-state index contributed by atoms with van der Waals surface area (Å²) in [7, 11) is 0. The molecule has 0 aliphatic carbocycles. The lowest BCUT2D eigenvalue weighted by Gasteiger charge is -2.35. The minimum absolute atomic E-state index is 0.0680. The molecular weight excluding hydrogens is 301 g/mol. The number of carbonyl (C=O) groups is 2. The molecule has 8 heteroatoms. The van der Waals surface area contributed by atoms with Crippen molar-refractivity contribution in [3.05, 3.63) is 41.6 Å². The summed E-state index contributed by atoms with van der Waals surface area (Å²) in [4.78, 5) is 24.1. The highest BCUT2D eigenvalue weighted by atomic mass is 19.4. The molecule has 1 aromatic rings. The number of hydrogen-bond donors (Lipinski definition) is 2. The molecule has 2 amide bonds. The van der Waals surface area contributed by atoms with E-state index < -0.39 is 29.3 Å². The molecule has 2 rings (SSSR count). The van der Waals surface area contributed by atoms with Crippen molar-refractivity contribution in [2.24, 2.45) is 0 Å². The highest BCUT2D eigenvalue weighted by Crippen LogP contribution is 2.33. The van der Waals surface area contributed by atoms with E-state index >= 15 is 0 Å². The Labute approximate surface area is 124 Å². The Hall–Kier alpha value is -2.51. The second-order valence-electron chi connectivity index (χ2n) is 5.32. The van der Waals surface area contributed by atoms with E-state index in [1.54, 1.807) is 0 Å². The van der Waals surface area contributed by atoms with Gasteiger partial charge in [0.25, 0.3) is 0 Å². The molecular formula is C14H13F3N2O3. The molecule has 0 radical (unpaired) electrons. The quantitative estimate of drug-likeness (QED) is 0.881. The average molecular weight is 314 g/mol. The first-order valence-electron chi connectivity index (χ1n) is 6.26. The molecule has 1 heterocycles. The first kappa shape index (κ1) is 15.9. The smallest absolute Gasteiger partial charge is 0.416 e. The number of aliphatic carboxylic acids is 1. The van der Waals surface area contributed by atoms with Crippen molar-refractivity contribution >= 4 is 17.7 Å². The number of carbonyl (C=O) groups excluding carboxylic acids is 1. The Bertz CT molecular complexity index is 666. The van der Waals surface area contributed by atoms with Crippen LogP contribution in [0.2, 0.25) is 0 Å². The fourth-order valence-electron chi connectivity index (χ4n) is 2.09. The number of carboxylic acid groups (broad SMARTS) is 1. The summed E-state index contributed by atoms with van der Waals surface area (Å²) in [6, 6.07) is 3.41. The summed E-state index contributed by atoms with van der Waals surface area (Å²) in [5.41, 5.74) is -2.25. The van der Waals surface area contributed by atoms with Gasteiger partial charge in [-0.3, -0.25) is 4.90 Å². The van der Waals surface area contributed by atoms with Crippen LogP contribution in [0, 0.1) is 0 Å². The number of anilines is 1. The number of benzene rings is 1. The Kier molecular flexibility index (Phi) is 3.64. The van der Waals surface area contributed by atoms with Crippen molar-refractivity contribution in [3.63, 3.8) is 0 Å². The molecule has 0 fully saturated rings. The highest BCUT2D eigenvalue weighted by molar-refractivity contribution is 6.01. The van der Waals surface area contributed by atoms with Crippen LogP contribution < -0.4 is 10.2 Å². The van der Waals surface area contributed by atoms with Gasteiger partial charge in [0.1, 0.15) is 0 Å². The number of nitrogens with zero attached hydrogens (tertiary/aromatic N) is 1. The van der Waals surface area contributed by atoms with E-state index in [1.807, 2.05) is 0 Å². The maximum Gasteiger partial charge on any atom is 0.416 e. The monoisotopic (exact) mass is 314 g/mol. The molecule has 118 valence electrons. The van der Waals surface area contributed by atoms with Gasteiger partial charge in [-0.05, 0) is 32.0 Å². The number of nitrogens with one attached hydrogen (secondary N) is 1. The number of hydrogen-bond acceptors (Lipinski definition) is 2. The molecule has 0 saturated heterocycles. The normalized spacial score (nSPS) is 17.8. The summed E-state index contributed by atoms with van der Waals surface area (Å²) in [6.07, 6.45) is -3.52. The minimum Gasteiger partial charge on any atom is -0.478 e. The van der Waals surface area contributed by atoms with Crippen molar-refractivity contribution in [3.8, 4) is 0 Å². The molecule has 0 bridgehead atoms. The molecule has 5 nitrogen and oxygen atoms in total. The lowest BCUT2D eigenvalue weighted by molar-refractivity contribution is -0.137. The Balaban J connectivity index is 2.50. The van der Waals surface area contributed by atoms with Gasteiger partial charge in [-0.15, -0.1) is 0 Å². The van der Waals surface area contributed by atoms with E-state index in [4.69, 9.17) is 0 Å². The minimum atomic E-state index is -4.55. The van der Waals surface area contributed by atoms with Gasteiger partial charge in [0.15, 0.2) is 0 Å². The van der Waals surface area contributed by atoms with Crippen LogP contribution in [0.3, 0.4) is 0 Å². The summed E-state index contributed by atoms with van der Waals surface area (Å²) < 4.78 is 38.2. The Morgan fingerprint density at radius 2 is 1.95 bits per heavy atom. The molecule has 22 heavy (non-hydrogen) atoms. The van der Waals surface area contributed by atoms with E-state index in [1.165, 1.54) is 19.9 Å². The molecule has 1 aromatic carbocycles. The number of amides is 2. The number of urea groups is 1. The summed E-state index contributed by atoms with van der Waals surface area (Å²) >= 11 is 0. The highest BCUT2D eigenvalue weighted by Gasteiger charge is 2.38. The third-order valence-corrected chi connectivity index (χ3v) is 3.25. The van der Waals surface area contributed by atoms with Crippen molar-refractivity contribution in [1.82, 2.24) is 5.32 Å². The fourth-order valence-corrected chi connectivity index (χ4v) is 2.09. The van der Waals surface area contributed by atoms with Crippen LogP contribution in [0.15, 0.2) is 36.0 Å². The first-order valence-corrected chi connectivity index (χ1v) is 6.26. The van der Waals surface area contributed by atoms with Crippen molar-refractivity contribution in [1.29, 1.82) is 0 Å². The molecule has 0 saturated carbocycles. The van der Waals surface area contributed by atoms with Crippen molar-refractivity contribution in [2.75, 3.05) is 4.90 Å². The fraction of sp³-hybridized carbons (Fsp3) is 0.286. The van der Waals surface area contributed by atoms with Crippen LogP contribution in [-0.4, -0.2) is 22.6 Å². The average Bonchev–Trinajstić information content (AvgIpc) is 2.36. The van der Waals surface area contributed by atoms with Gasteiger partial charge in [0.2, 0.25) is 0 Å². The van der Waals surface area contributed by atoms with Gasteiger partial charge in [0.05, 0.1) is 22.4 Å². The van der Waals surface area contributed by atoms with Gasteiger partial charge in [-0.1, -0.05) is 6.07 Å². The standard InChI is InChI=1S/C14H13F3N2O3/c1-13(2)10(11(20)21)7-19(12(22)18-13)9-5-3-4-8(6-9)14(15,16)17/h3-7H,1-2H3,(H,18,22)(H,20,21). The zero-order valence-electron chi connectivity index (χ0n) is 11.7. The summed E-state index contributed by atoms with van der Waals surface area (Å²) in [6.45, 7) is 2.99. The summed E-state index contributed by atoms with van der Waals surface area (Å²) in [5.74, 6) is -1.26. The van der Waals surface area contributed by atoms with Crippen LogP contribution in [0.5, 0.6) is 0 Å². The largest absolute Gasteiger partial charge is 0.478 e. The van der Waals surface area contributed by atoms with E-state index in [2.05, 4.69) is 5.32 Å². The molecule has 0 atom stereocenters. The predicted octanol–water partition coefficient (Wildman–Crippen LogP) is 2.98. The zero-order valence-corrected chi connectivity index (χ0v) is 11.7. The molecule has 2 N–H and O–H groups in total. The van der Waals surface area contributed by atoms with Gasteiger partial charge in [-0.25, -0.2) is 9.59 Å². The number of rotatable bonds is 2. The maximum absolute atomic E-state index is 12.7. The molecule has 1 aliphatic rings. The maximum atomic E-state index is 12.7. The third kappa shape index (κ3) is 2.90. The third-order valence-electron chi connectivity index (χ3n) is 3.25. The van der Waals surface area contributed by atoms with Crippen molar-refractivity contribution < 1.29 is 27.9 Å². The van der Waals surface area contributed by atoms with Crippen LogP contribution in [0.4, 0.5) is 23.7 Å². The molecule has 0 spiro atoms. The summed E-state index contributed by atoms with van der Waals surface area (Å²) in [5, 5.41) is 11.6. The van der Waals surface area contributed by atoms with E-state index in [9.17, 15) is 27.9 Å². The van der Waals surface area contributed by atoms with Gasteiger partial charge >= 0.3 is 18.2 Å². The Morgan fingerprint density at radius 3 is 2.50 bits per heavy atom. The van der Waals surface area contributed by atoms with Crippen LogP contribution in [0.1, 0.15) is 19.4 Å². The van der Waals surface area contributed by atoms with Crippen LogP contribution >= 0.6 is 0 Å². The van der Waals surface area contributed by atoms with E-state index in [-0.39, 0.29) is 11.3 Å². The van der Waals surface area contributed by atoms with Crippen molar-refractivity contribution in [2.45, 2.75) is 25.6 Å². The number of alkyl halides is 3. The lowest BCUT2D eigenvalue weighted by atomic mass is 9.93. The van der Waals surface area contributed by atoms with Crippen LogP contribution in [-0.2, 0) is 11.0 Å². The second kappa shape index (κ2) is 5.04. The first-order chi connectivity index (χ1) is 10.0. The predicted molar refractivity (Wildman–Crippen MR) is 72.3 cm³/mol. The van der Waals surface area contributed by atoms with E-state index in [0.29, 0.717) is 0 Å². The molecule has 1 aliphatic heterocycles. The van der Waals surface area contributed by atoms with Gasteiger partial charge in [0, 0.05) is 6.20 Å². The SMILES string of the molecule is CC1(C)NC(=O)N(c2cccc(C(F)(F)F)c2)C=C1C(=O)O. The second-order valence-corrected chi connectivity index (χ2v) is 5.32.